The highest BCUT2D eigenvalue weighted by Crippen LogP contribution is 2.28. The summed E-state index contributed by atoms with van der Waals surface area (Å²) in [6, 6.07) is 6.81. The Kier molecular flexibility index (Phi) is 5.30. The van der Waals surface area contributed by atoms with E-state index in [-0.39, 0.29) is 16.5 Å². The molecule has 0 spiro atoms. The van der Waals surface area contributed by atoms with Crippen molar-refractivity contribution < 1.29 is 9.72 Å². The molecule has 0 radical (unpaired) electrons. The molecule has 1 atom stereocenters. The second-order valence-electron chi connectivity index (χ2n) is 6.51. The lowest BCUT2D eigenvalue weighted by molar-refractivity contribution is -0.384. The van der Waals surface area contributed by atoms with Crippen LogP contribution in [-0.4, -0.2) is 55.0 Å². The minimum atomic E-state index is -0.345. The number of carbonyl (C=O) groups excluding carboxylic acids is 1. The van der Waals surface area contributed by atoms with E-state index in [9.17, 15) is 14.9 Å². The molecule has 1 amide bonds. The predicted molar refractivity (Wildman–Crippen MR) is 92.1 cm³/mol. The van der Waals surface area contributed by atoms with Gasteiger partial charge in [-0.25, -0.2) is 0 Å². The first-order valence-corrected chi connectivity index (χ1v) is 8.62. The molecule has 1 unspecified atom stereocenters. The minimum absolute atomic E-state index is 0.131. The van der Waals surface area contributed by atoms with E-state index in [1.54, 1.807) is 12.1 Å². The van der Waals surface area contributed by atoms with Crippen LogP contribution in [0.4, 0.5) is 11.4 Å². The van der Waals surface area contributed by atoms with E-state index in [2.05, 4.69) is 5.32 Å². The Bertz CT molecular complexity index is 593. The topological polar surface area (TPSA) is 78.7 Å². The second kappa shape index (κ2) is 7.61. The van der Waals surface area contributed by atoms with Crippen LogP contribution in [-0.2, 0) is 4.79 Å². The van der Waals surface area contributed by atoms with Crippen molar-refractivity contribution in [3.8, 4) is 0 Å². The van der Waals surface area contributed by atoms with Gasteiger partial charge in [0.15, 0.2) is 0 Å². The zero-order valence-electron chi connectivity index (χ0n) is 13.8. The molecule has 0 aromatic heterocycles. The largest absolute Gasteiger partial charge is 0.362 e. The number of hydrogen-bond donors (Lipinski definition) is 1. The van der Waals surface area contributed by atoms with E-state index < -0.39 is 0 Å². The normalized spacial score (nSPS) is 21.1. The number of nitro benzene ring substituents is 1. The molecule has 0 aliphatic carbocycles. The van der Waals surface area contributed by atoms with Crippen molar-refractivity contribution in [2.45, 2.75) is 19.3 Å². The van der Waals surface area contributed by atoms with Crippen LogP contribution in [0.2, 0.25) is 0 Å². The third kappa shape index (κ3) is 3.84. The van der Waals surface area contributed by atoms with Crippen molar-refractivity contribution in [1.29, 1.82) is 0 Å². The molecule has 2 fully saturated rings. The van der Waals surface area contributed by atoms with Gasteiger partial charge in [-0.1, -0.05) is 12.1 Å². The first kappa shape index (κ1) is 16.7. The van der Waals surface area contributed by atoms with Crippen molar-refractivity contribution in [3.05, 3.63) is 34.4 Å². The Labute approximate surface area is 141 Å². The Hall–Kier alpha value is -2.15. The van der Waals surface area contributed by atoms with Crippen molar-refractivity contribution in [2.24, 2.45) is 5.92 Å². The van der Waals surface area contributed by atoms with E-state index in [1.165, 1.54) is 12.5 Å². The highest BCUT2D eigenvalue weighted by atomic mass is 16.6. The molecule has 2 saturated heterocycles. The van der Waals surface area contributed by atoms with Crippen LogP contribution in [0, 0.1) is 16.0 Å². The molecule has 0 saturated carbocycles. The molecule has 2 aliphatic rings. The number of para-hydroxylation sites is 2. The number of carbonyl (C=O) groups is 1. The maximum absolute atomic E-state index is 12.4. The number of anilines is 1. The lowest BCUT2D eigenvalue weighted by atomic mass is 10.0. The minimum Gasteiger partial charge on any atom is -0.362 e. The molecular formula is C17H24N4O3. The van der Waals surface area contributed by atoms with Crippen LogP contribution in [0.5, 0.6) is 0 Å². The highest BCUT2D eigenvalue weighted by molar-refractivity contribution is 5.76. The quantitative estimate of drug-likeness (QED) is 0.655. The number of piperazine rings is 1. The van der Waals surface area contributed by atoms with Crippen LogP contribution in [0.15, 0.2) is 24.3 Å². The summed E-state index contributed by atoms with van der Waals surface area (Å²) in [4.78, 5) is 27.1. The summed E-state index contributed by atoms with van der Waals surface area (Å²) in [5.74, 6) is 0.839. The monoisotopic (exact) mass is 332 g/mol. The molecule has 1 N–H and O–H groups in total. The fourth-order valence-corrected chi connectivity index (χ4v) is 3.53. The van der Waals surface area contributed by atoms with Crippen molar-refractivity contribution in [3.63, 3.8) is 0 Å². The lowest BCUT2D eigenvalue weighted by Crippen LogP contribution is -2.49. The molecule has 7 nitrogen and oxygen atoms in total. The van der Waals surface area contributed by atoms with Gasteiger partial charge in [0.25, 0.3) is 5.69 Å². The molecule has 0 bridgehead atoms. The first-order valence-electron chi connectivity index (χ1n) is 8.62. The van der Waals surface area contributed by atoms with Gasteiger partial charge >= 0.3 is 0 Å². The fraction of sp³-hybridized carbons (Fsp3) is 0.588. The average molecular weight is 332 g/mol. The van der Waals surface area contributed by atoms with Gasteiger partial charge in [-0.3, -0.25) is 14.9 Å². The van der Waals surface area contributed by atoms with Crippen LogP contribution in [0.25, 0.3) is 0 Å². The summed E-state index contributed by atoms with van der Waals surface area (Å²) in [6.45, 7) is 4.64. The number of nitrogens with zero attached hydrogens (tertiary/aromatic N) is 3. The maximum Gasteiger partial charge on any atom is 0.292 e. The zero-order chi connectivity index (χ0) is 16.9. The Morgan fingerprint density at radius 3 is 2.67 bits per heavy atom. The van der Waals surface area contributed by atoms with Gasteiger partial charge in [0.1, 0.15) is 5.69 Å². The number of hydrogen-bond acceptors (Lipinski definition) is 5. The highest BCUT2D eigenvalue weighted by Gasteiger charge is 2.26. The van der Waals surface area contributed by atoms with Gasteiger partial charge in [-0.2, -0.15) is 0 Å². The molecule has 24 heavy (non-hydrogen) atoms. The number of rotatable bonds is 5. The van der Waals surface area contributed by atoms with Gasteiger partial charge in [0, 0.05) is 38.7 Å². The van der Waals surface area contributed by atoms with Crippen LogP contribution in [0.3, 0.4) is 0 Å². The average Bonchev–Trinajstić information content (AvgIpc) is 3.13. The summed E-state index contributed by atoms with van der Waals surface area (Å²) < 4.78 is 0. The lowest BCUT2D eigenvalue weighted by Gasteiger charge is -2.36. The Morgan fingerprint density at radius 2 is 2.00 bits per heavy atom. The Morgan fingerprint density at radius 1 is 1.25 bits per heavy atom. The van der Waals surface area contributed by atoms with Gasteiger partial charge in [0.2, 0.25) is 5.91 Å². The maximum atomic E-state index is 12.4. The molecule has 1 aromatic rings. The van der Waals surface area contributed by atoms with Crippen LogP contribution >= 0.6 is 0 Å². The molecule has 2 aliphatic heterocycles. The van der Waals surface area contributed by atoms with Gasteiger partial charge < -0.3 is 15.1 Å². The van der Waals surface area contributed by atoms with Crippen LogP contribution in [0.1, 0.15) is 19.3 Å². The van der Waals surface area contributed by atoms with E-state index in [1.807, 2.05) is 15.9 Å². The SMILES string of the molecule is O=C(CCC1CCNC1)N1CCN(c2ccccc2[N+](=O)[O-])CC1. The van der Waals surface area contributed by atoms with Crippen molar-refractivity contribution >= 4 is 17.3 Å². The van der Waals surface area contributed by atoms with Gasteiger partial charge in [-0.15, -0.1) is 0 Å². The summed E-state index contributed by atoms with van der Waals surface area (Å²) >= 11 is 0. The van der Waals surface area contributed by atoms with Gasteiger partial charge in [0.05, 0.1) is 4.92 Å². The summed E-state index contributed by atoms with van der Waals surface area (Å²) in [6.07, 6.45) is 2.73. The van der Waals surface area contributed by atoms with Crippen molar-refractivity contribution in [1.82, 2.24) is 10.2 Å². The van der Waals surface area contributed by atoms with E-state index in [0.717, 1.165) is 19.5 Å². The molecule has 130 valence electrons. The molecule has 3 rings (SSSR count). The summed E-state index contributed by atoms with van der Waals surface area (Å²) in [5.41, 5.74) is 0.776. The number of nitrogens with one attached hydrogen (secondary N) is 1. The first-order chi connectivity index (χ1) is 11.6. The molecular weight excluding hydrogens is 308 g/mol. The van der Waals surface area contributed by atoms with Gasteiger partial charge in [-0.05, 0) is 37.9 Å². The Balaban J connectivity index is 1.52. The molecule has 7 heteroatoms. The predicted octanol–water partition coefficient (Wildman–Crippen LogP) is 1.63. The fourth-order valence-electron chi connectivity index (χ4n) is 3.53. The molecule has 1 aromatic carbocycles. The second-order valence-corrected chi connectivity index (χ2v) is 6.51. The van der Waals surface area contributed by atoms with Crippen LogP contribution < -0.4 is 10.2 Å². The number of benzene rings is 1. The summed E-state index contributed by atoms with van der Waals surface area (Å²) in [5, 5.41) is 14.5. The molecule has 2 heterocycles. The standard InChI is InChI=1S/C17H24N4O3/c22-17(6-5-14-7-8-18-13-14)20-11-9-19(10-12-20)15-3-1-2-4-16(15)21(23)24/h1-4,14,18H,5-13H2. The zero-order valence-corrected chi connectivity index (χ0v) is 13.8. The third-order valence-corrected chi connectivity index (χ3v) is 4.98. The smallest absolute Gasteiger partial charge is 0.292 e. The van der Waals surface area contributed by atoms with Crippen molar-refractivity contribution in [2.75, 3.05) is 44.2 Å². The summed E-state index contributed by atoms with van der Waals surface area (Å²) in [7, 11) is 0. The van der Waals surface area contributed by atoms with E-state index in [0.29, 0.717) is 44.2 Å². The number of nitro groups is 1. The third-order valence-electron chi connectivity index (χ3n) is 4.98. The van der Waals surface area contributed by atoms with E-state index >= 15 is 0 Å². The van der Waals surface area contributed by atoms with E-state index in [4.69, 9.17) is 0 Å². The number of amides is 1.